The molecule has 0 N–H and O–H groups in total. The highest BCUT2D eigenvalue weighted by atomic mass is 35.5. The number of carbonyl (C=O) groups excluding carboxylic acids is 1. The molecule has 0 saturated carbocycles. The topological polar surface area (TPSA) is 133 Å². The van der Waals surface area contributed by atoms with E-state index in [1.54, 1.807) is 42.5 Å². The normalized spacial score (nSPS) is 14.9. The largest absolute Gasteiger partial charge is 0.492 e. The summed E-state index contributed by atoms with van der Waals surface area (Å²) in [5.74, 6) is 1.06. The molecule has 0 aliphatic carbocycles. The van der Waals surface area contributed by atoms with Crippen molar-refractivity contribution in [2.45, 2.75) is 0 Å². The first kappa shape index (κ1) is 39.1. The van der Waals surface area contributed by atoms with Crippen LogP contribution in [-0.2, 0) is 4.74 Å². The second kappa shape index (κ2) is 19.6. The fraction of sp³-hybridized carbons (Fsp3) is 0.371. The van der Waals surface area contributed by atoms with Crippen LogP contribution in [0.2, 0.25) is 20.6 Å². The summed E-state index contributed by atoms with van der Waals surface area (Å²) in [4.78, 5) is 20.5. The number of ether oxygens (including phenoxy) is 3. The first-order chi connectivity index (χ1) is 25.2. The fourth-order valence-corrected chi connectivity index (χ4v) is 6.30. The molecule has 13 nitrogen and oxygen atoms in total. The lowest BCUT2D eigenvalue weighted by molar-refractivity contribution is 0.0600. The Morgan fingerprint density at radius 2 is 1.19 bits per heavy atom. The summed E-state index contributed by atoms with van der Waals surface area (Å²) in [5.41, 5.74) is 2.75. The Hall–Kier alpha value is -4.16. The van der Waals surface area contributed by atoms with Gasteiger partial charge in [-0.25, -0.2) is 4.79 Å². The second-order valence-electron chi connectivity index (χ2n) is 11.7. The van der Waals surface area contributed by atoms with Crippen molar-refractivity contribution in [3.05, 3.63) is 92.4 Å². The maximum absolute atomic E-state index is 11.6. The van der Waals surface area contributed by atoms with Crippen molar-refractivity contribution in [2.75, 3.05) is 95.6 Å². The van der Waals surface area contributed by atoms with E-state index < -0.39 is 0 Å². The average molecular weight is 790 g/mol. The van der Waals surface area contributed by atoms with Gasteiger partial charge in [-0.3, -0.25) is 9.80 Å². The van der Waals surface area contributed by atoms with Crippen molar-refractivity contribution in [2.24, 2.45) is 0 Å². The molecular weight excluding hydrogens is 752 g/mol. The third kappa shape index (κ3) is 11.4. The average Bonchev–Trinajstić information content (AvgIpc) is 3.17. The van der Waals surface area contributed by atoms with Crippen molar-refractivity contribution in [3.8, 4) is 17.6 Å². The van der Waals surface area contributed by atoms with Crippen molar-refractivity contribution in [1.82, 2.24) is 30.2 Å². The summed E-state index contributed by atoms with van der Waals surface area (Å²) in [6, 6.07) is 19.7. The van der Waals surface area contributed by atoms with Gasteiger partial charge in [0.25, 0.3) is 0 Å². The molecular formula is C35H37Cl4N9O4. The number of nitriles is 1. The monoisotopic (exact) mass is 787 g/mol. The predicted molar refractivity (Wildman–Crippen MR) is 201 cm³/mol. The highest BCUT2D eigenvalue weighted by molar-refractivity contribution is 6.34. The Kier molecular flexibility index (Phi) is 14.7. The minimum absolute atomic E-state index is 0.333. The Morgan fingerprint density at radius 1 is 0.692 bits per heavy atom. The molecule has 0 atom stereocenters. The first-order valence-corrected chi connectivity index (χ1v) is 18.0. The van der Waals surface area contributed by atoms with Gasteiger partial charge in [-0.1, -0.05) is 52.5 Å². The number of hydrogen-bond acceptors (Lipinski definition) is 13. The molecule has 17 heteroatoms. The molecule has 4 aromatic rings. The highest BCUT2D eigenvalue weighted by Gasteiger charge is 2.21. The molecule has 2 fully saturated rings. The number of nitrogens with zero attached hydrogens (tertiary/aromatic N) is 9. The number of anilines is 2. The molecule has 0 bridgehead atoms. The summed E-state index contributed by atoms with van der Waals surface area (Å²) in [5, 5.41) is 25.4. The minimum atomic E-state index is -0.374. The van der Waals surface area contributed by atoms with Crippen LogP contribution >= 0.6 is 46.4 Å². The van der Waals surface area contributed by atoms with Gasteiger partial charge >= 0.3 is 5.97 Å². The maximum atomic E-state index is 11.6. The van der Waals surface area contributed by atoms with Crippen LogP contribution < -0.4 is 19.3 Å². The molecule has 274 valence electrons. The van der Waals surface area contributed by atoms with E-state index >= 15 is 0 Å². The molecule has 0 spiro atoms. The van der Waals surface area contributed by atoms with E-state index in [1.165, 1.54) is 7.11 Å². The molecule has 2 aromatic heterocycles. The van der Waals surface area contributed by atoms with Gasteiger partial charge in [-0.15, -0.1) is 20.4 Å². The number of aromatic nitrogens is 4. The lowest BCUT2D eigenvalue weighted by Gasteiger charge is -2.36. The van der Waals surface area contributed by atoms with Gasteiger partial charge < -0.3 is 24.0 Å². The minimum Gasteiger partial charge on any atom is -0.492 e. The number of benzene rings is 2. The van der Waals surface area contributed by atoms with Gasteiger partial charge in [0.15, 0.2) is 20.6 Å². The predicted octanol–water partition coefficient (Wildman–Crippen LogP) is 5.63. The number of halogens is 4. The quantitative estimate of drug-likeness (QED) is 0.174. The summed E-state index contributed by atoms with van der Waals surface area (Å²) >= 11 is 24.1. The van der Waals surface area contributed by atoms with Gasteiger partial charge in [0, 0.05) is 77.6 Å². The Bertz CT molecular complexity index is 1820. The van der Waals surface area contributed by atoms with E-state index in [0.29, 0.717) is 50.7 Å². The van der Waals surface area contributed by atoms with Gasteiger partial charge in [-0.05, 0) is 42.5 Å². The maximum Gasteiger partial charge on any atom is 0.337 e. The first-order valence-electron chi connectivity index (χ1n) is 16.5. The second-order valence-corrected chi connectivity index (χ2v) is 13.2. The number of esters is 1. The molecule has 2 saturated heterocycles. The summed E-state index contributed by atoms with van der Waals surface area (Å²) in [6.07, 6.45) is 0. The zero-order valence-electron chi connectivity index (χ0n) is 28.4. The Labute approximate surface area is 322 Å². The molecule has 4 heterocycles. The van der Waals surface area contributed by atoms with E-state index in [-0.39, 0.29) is 5.97 Å². The zero-order chi connectivity index (χ0) is 36.9. The molecule has 0 radical (unpaired) electrons. The zero-order valence-corrected chi connectivity index (χ0v) is 31.5. The van der Waals surface area contributed by atoms with E-state index in [1.807, 2.05) is 18.2 Å². The standard InChI is InChI=1S/C18H20Cl2N4O3.C17H17Cl2N5O/c1-26-18(25)13-3-2-4-14(11-13)27-10-9-23-5-7-24(8-6-23)15-12-16(19)21-22-17(15)20;18-16-11-15(17(19)22-21-16)24-7-5-23(6-8-24)9-10-25-14-3-1-13(12-20)2-4-14/h2-4,11-12H,5-10H2,1H3;1-4,11H,5-10H2. The van der Waals surface area contributed by atoms with E-state index in [2.05, 4.69) is 46.1 Å². The van der Waals surface area contributed by atoms with Crippen molar-refractivity contribution in [1.29, 1.82) is 5.26 Å². The molecule has 2 aromatic carbocycles. The summed E-state index contributed by atoms with van der Waals surface area (Å²) in [7, 11) is 1.36. The van der Waals surface area contributed by atoms with Crippen molar-refractivity contribution >= 4 is 63.7 Å². The molecule has 6 rings (SSSR count). The fourth-order valence-electron chi connectivity index (χ4n) is 5.60. The van der Waals surface area contributed by atoms with E-state index in [9.17, 15) is 4.79 Å². The molecule has 2 aliphatic heterocycles. The van der Waals surface area contributed by atoms with Gasteiger partial charge in [0.1, 0.15) is 24.7 Å². The van der Waals surface area contributed by atoms with Crippen LogP contribution in [0, 0.1) is 11.3 Å². The lowest BCUT2D eigenvalue weighted by atomic mass is 10.2. The van der Waals surface area contributed by atoms with Crippen LogP contribution in [0.25, 0.3) is 0 Å². The van der Waals surface area contributed by atoms with Crippen molar-refractivity contribution < 1.29 is 19.0 Å². The van der Waals surface area contributed by atoms with Crippen molar-refractivity contribution in [3.63, 3.8) is 0 Å². The van der Waals surface area contributed by atoms with Crippen LogP contribution in [0.1, 0.15) is 15.9 Å². The SMILES string of the molecule is COC(=O)c1cccc(OCCN2CCN(c3cc(Cl)nnc3Cl)CC2)c1.N#Cc1ccc(OCCN2CCN(c3cc(Cl)nnc3Cl)CC2)cc1. The Morgan fingerprint density at radius 3 is 1.67 bits per heavy atom. The summed E-state index contributed by atoms with van der Waals surface area (Å²) < 4.78 is 16.2. The van der Waals surface area contributed by atoms with Gasteiger partial charge in [-0.2, -0.15) is 5.26 Å². The molecule has 0 amide bonds. The number of hydrogen-bond donors (Lipinski definition) is 0. The van der Waals surface area contributed by atoms with Gasteiger partial charge in [0.2, 0.25) is 0 Å². The van der Waals surface area contributed by atoms with E-state index in [4.69, 9.17) is 65.9 Å². The number of rotatable bonds is 11. The lowest BCUT2D eigenvalue weighted by Crippen LogP contribution is -2.47. The molecule has 52 heavy (non-hydrogen) atoms. The molecule has 2 aliphatic rings. The number of carbonyl (C=O) groups is 1. The molecule has 0 unspecified atom stereocenters. The smallest absolute Gasteiger partial charge is 0.337 e. The number of piperazine rings is 2. The van der Waals surface area contributed by atoms with Crippen LogP contribution in [0.4, 0.5) is 11.4 Å². The van der Waals surface area contributed by atoms with Gasteiger partial charge in [0.05, 0.1) is 35.7 Å². The third-order valence-electron chi connectivity index (χ3n) is 8.42. The van der Waals surface area contributed by atoms with Crippen LogP contribution in [0.3, 0.4) is 0 Å². The highest BCUT2D eigenvalue weighted by Crippen LogP contribution is 2.27. The van der Waals surface area contributed by atoms with Crippen LogP contribution in [-0.4, -0.2) is 122 Å². The number of methoxy groups -OCH3 is 1. The van der Waals surface area contributed by atoms with E-state index in [0.717, 1.165) is 82.6 Å². The third-order valence-corrected chi connectivity index (χ3v) is 9.33. The summed E-state index contributed by atoms with van der Waals surface area (Å²) in [6.45, 7) is 9.68. The Balaban J connectivity index is 0.000000202. The van der Waals surface area contributed by atoms with Crippen LogP contribution in [0.5, 0.6) is 11.5 Å². The van der Waals surface area contributed by atoms with Crippen LogP contribution in [0.15, 0.2) is 60.7 Å².